The highest BCUT2D eigenvalue weighted by Gasteiger charge is 2.35. The van der Waals surface area contributed by atoms with E-state index in [1.54, 1.807) is 0 Å². The van der Waals surface area contributed by atoms with Crippen LogP contribution in [0.1, 0.15) is 5.56 Å². The molecule has 0 atom stereocenters. The monoisotopic (exact) mass is 384 g/mol. The average molecular weight is 385 g/mol. The van der Waals surface area contributed by atoms with E-state index in [2.05, 4.69) is 4.98 Å². The van der Waals surface area contributed by atoms with Crippen molar-refractivity contribution in [3.05, 3.63) is 40.4 Å². The zero-order valence-electron chi connectivity index (χ0n) is 11.1. The summed E-state index contributed by atoms with van der Waals surface area (Å²) in [7, 11) is -4.03. The number of anilines is 1. The van der Waals surface area contributed by atoms with Crippen molar-refractivity contribution in [1.29, 1.82) is 0 Å². The fraction of sp³-hybridized carbons (Fsp3) is 0.167. The van der Waals surface area contributed by atoms with Gasteiger partial charge in [-0.3, -0.25) is 4.79 Å². The Morgan fingerprint density at radius 3 is 2.61 bits per heavy atom. The maximum absolute atomic E-state index is 12.9. The first-order valence-electron chi connectivity index (χ1n) is 5.89. The molecular formula is C12H8ClF3N2O3S2. The van der Waals surface area contributed by atoms with Gasteiger partial charge in [0.05, 0.1) is 16.3 Å². The number of alkyl halides is 3. The topological polar surface area (TPSA) is 76.1 Å². The maximum atomic E-state index is 12.9. The minimum atomic E-state index is -4.75. The highest BCUT2D eigenvalue weighted by Crippen LogP contribution is 2.38. The van der Waals surface area contributed by atoms with Crippen LogP contribution in [-0.4, -0.2) is 25.1 Å². The van der Waals surface area contributed by atoms with Crippen LogP contribution in [0.15, 0.2) is 34.1 Å². The number of hydrogen-bond donors (Lipinski definition) is 1. The largest absolute Gasteiger partial charge is 0.418 e. The second-order valence-corrected chi connectivity index (χ2v) is 7.73. The van der Waals surface area contributed by atoms with E-state index in [1.807, 2.05) is 5.32 Å². The van der Waals surface area contributed by atoms with Gasteiger partial charge in [0.1, 0.15) is 5.75 Å². The molecule has 5 nitrogen and oxygen atoms in total. The number of para-hydroxylation sites is 1. The molecule has 1 amide bonds. The molecule has 1 aromatic carbocycles. The SMILES string of the molecule is O=C(CS(=O)(=O)c1nccs1)Nc1c(Cl)cccc1C(F)(F)F. The molecule has 1 heterocycles. The van der Waals surface area contributed by atoms with Gasteiger partial charge in [-0.1, -0.05) is 17.7 Å². The molecule has 0 bridgehead atoms. The lowest BCUT2D eigenvalue weighted by molar-refractivity contribution is -0.137. The molecular weight excluding hydrogens is 377 g/mol. The molecule has 0 saturated heterocycles. The fourth-order valence-electron chi connectivity index (χ4n) is 1.66. The summed E-state index contributed by atoms with van der Waals surface area (Å²) in [6.45, 7) is 0. The number of amides is 1. The number of nitrogens with zero attached hydrogens (tertiary/aromatic N) is 1. The number of benzene rings is 1. The van der Waals surface area contributed by atoms with E-state index in [-0.39, 0.29) is 9.36 Å². The van der Waals surface area contributed by atoms with Gasteiger partial charge >= 0.3 is 6.18 Å². The highest BCUT2D eigenvalue weighted by molar-refractivity contribution is 7.94. The minimum absolute atomic E-state index is 0.289. The van der Waals surface area contributed by atoms with Gasteiger partial charge in [0.25, 0.3) is 0 Å². The molecule has 0 unspecified atom stereocenters. The first-order valence-corrected chi connectivity index (χ1v) is 8.80. The van der Waals surface area contributed by atoms with Crippen LogP contribution in [0.5, 0.6) is 0 Å². The van der Waals surface area contributed by atoms with Gasteiger partial charge in [0, 0.05) is 11.6 Å². The molecule has 0 saturated carbocycles. The summed E-state index contributed by atoms with van der Waals surface area (Å²) in [4.78, 5) is 15.4. The number of sulfone groups is 1. The van der Waals surface area contributed by atoms with Crippen LogP contribution in [0.4, 0.5) is 18.9 Å². The van der Waals surface area contributed by atoms with Crippen molar-refractivity contribution in [2.75, 3.05) is 11.1 Å². The van der Waals surface area contributed by atoms with Crippen molar-refractivity contribution < 1.29 is 26.4 Å². The number of carbonyl (C=O) groups excluding carboxylic acids is 1. The lowest BCUT2D eigenvalue weighted by Gasteiger charge is -2.15. The molecule has 0 fully saturated rings. The molecule has 23 heavy (non-hydrogen) atoms. The average Bonchev–Trinajstić information content (AvgIpc) is 2.94. The minimum Gasteiger partial charge on any atom is -0.323 e. The normalized spacial score (nSPS) is 12.2. The molecule has 0 radical (unpaired) electrons. The summed E-state index contributed by atoms with van der Waals surface area (Å²) in [6, 6.07) is 2.96. The Labute approximate surface area is 138 Å². The van der Waals surface area contributed by atoms with Crippen LogP contribution in [0, 0.1) is 0 Å². The van der Waals surface area contributed by atoms with Gasteiger partial charge in [-0.05, 0) is 12.1 Å². The predicted octanol–water partition coefficient (Wildman–Crippen LogP) is 3.23. The van der Waals surface area contributed by atoms with E-state index in [1.165, 1.54) is 11.6 Å². The Bertz CT molecular complexity index is 821. The Morgan fingerprint density at radius 2 is 2.04 bits per heavy atom. The molecule has 11 heteroatoms. The predicted molar refractivity (Wildman–Crippen MR) is 79.3 cm³/mol. The number of aromatic nitrogens is 1. The summed E-state index contributed by atoms with van der Waals surface area (Å²) in [5, 5.41) is 2.97. The summed E-state index contributed by atoms with van der Waals surface area (Å²) >= 11 is 6.48. The van der Waals surface area contributed by atoms with Gasteiger partial charge in [-0.25, -0.2) is 13.4 Å². The summed E-state index contributed by atoms with van der Waals surface area (Å²) in [5.41, 5.74) is -1.84. The first kappa shape index (κ1) is 17.7. The van der Waals surface area contributed by atoms with Crippen molar-refractivity contribution in [3.8, 4) is 0 Å². The second-order valence-electron chi connectivity index (χ2n) is 4.27. The van der Waals surface area contributed by atoms with Gasteiger partial charge < -0.3 is 5.32 Å². The first-order chi connectivity index (χ1) is 10.6. The Hall–Kier alpha value is -1.65. The third kappa shape index (κ3) is 4.21. The molecule has 1 N–H and O–H groups in total. The summed E-state index contributed by atoms with van der Waals surface area (Å²) in [6.07, 6.45) is -3.51. The van der Waals surface area contributed by atoms with E-state index >= 15 is 0 Å². The number of rotatable bonds is 4. The van der Waals surface area contributed by atoms with Crippen molar-refractivity contribution in [1.82, 2.24) is 4.98 Å². The molecule has 0 aliphatic carbocycles. The number of thiazole rings is 1. The van der Waals surface area contributed by atoms with Crippen molar-refractivity contribution in [2.45, 2.75) is 10.5 Å². The van der Waals surface area contributed by atoms with Gasteiger partial charge in [-0.2, -0.15) is 13.2 Å². The number of halogens is 4. The molecule has 0 aliphatic rings. The third-order valence-electron chi connectivity index (χ3n) is 2.58. The Morgan fingerprint density at radius 1 is 1.35 bits per heavy atom. The van der Waals surface area contributed by atoms with E-state index in [9.17, 15) is 26.4 Å². The summed E-state index contributed by atoms with van der Waals surface area (Å²) < 4.78 is 62.2. The van der Waals surface area contributed by atoms with Gasteiger partial charge in [0.2, 0.25) is 20.1 Å². The summed E-state index contributed by atoms with van der Waals surface area (Å²) in [5.74, 6) is -2.18. The molecule has 0 spiro atoms. The lowest BCUT2D eigenvalue weighted by Crippen LogP contribution is -2.24. The number of nitrogens with one attached hydrogen (secondary N) is 1. The van der Waals surface area contributed by atoms with Crippen molar-refractivity contribution >= 4 is 44.4 Å². The van der Waals surface area contributed by atoms with Crippen LogP contribution < -0.4 is 5.32 Å². The number of carbonyl (C=O) groups is 1. The zero-order valence-corrected chi connectivity index (χ0v) is 13.5. The van der Waals surface area contributed by atoms with Crippen LogP contribution in [0.3, 0.4) is 0 Å². The molecule has 124 valence electrons. The quantitative estimate of drug-likeness (QED) is 0.878. The number of hydrogen-bond acceptors (Lipinski definition) is 5. The molecule has 2 rings (SSSR count). The smallest absolute Gasteiger partial charge is 0.323 e. The molecule has 2 aromatic rings. The van der Waals surface area contributed by atoms with Crippen LogP contribution in [-0.2, 0) is 20.8 Å². The fourth-order valence-corrected chi connectivity index (χ4v) is 3.93. The van der Waals surface area contributed by atoms with Gasteiger partial charge in [0.15, 0.2) is 0 Å². The van der Waals surface area contributed by atoms with Gasteiger partial charge in [-0.15, -0.1) is 11.3 Å². The van der Waals surface area contributed by atoms with E-state index in [4.69, 9.17) is 11.6 Å². The Kier molecular flexibility index (Phi) is 4.97. The zero-order chi connectivity index (χ0) is 17.3. The third-order valence-corrected chi connectivity index (χ3v) is 5.79. The van der Waals surface area contributed by atoms with Crippen LogP contribution in [0.2, 0.25) is 5.02 Å². The van der Waals surface area contributed by atoms with Crippen LogP contribution >= 0.6 is 22.9 Å². The van der Waals surface area contributed by atoms with Crippen molar-refractivity contribution in [2.24, 2.45) is 0 Å². The second kappa shape index (κ2) is 6.46. The highest BCUT2D eigenvalue weighted by atomic mass is 35.5. The molecule has 0 aliphatic heterocycles. The van der Waals surface area contributed by atoms with Crippen LogP contribution in [0.25, 0.3) is 0 Å². The maximum Gasteiger partial charge on any atom is 0.418 e. The van der Waals surface area contributed by atoms with Crippen molar-refractivity contribution in [3.63, 3.8) is 0 Å². The molecule has 1 aromatic heterocycles. The van der Waals surface area contributed by atoms with E-state index in [0.29, 0.717) is 0 Å². The Balaban J connectivity index is 2.25. The standard InChI is InChI=1S/C12H8ClF3N2O3S2/c13-8-3-1-2-7(12(14,15)16)10(8)18-9(19)6-23(20,21)11-17-4-5-22-11/h1-5H,6H2,(H,18,19). The van der Waals surface area contributed by atoms with E-state index < -0.39 is 38.9 Å². The van der Waals surface area contributed by atoms with E-state index in [0.717, 1.165) is 29.5 Å². The lowest BCUT2D eigenvalue weighted by atomic mass is 10.1.